The van der Waals surface area contributed by atoms with Crippen molar-refractivity contribution in [3.05, 3.63) is 57.3 Å². The first kappa shape index (κ1) is 20.8. The van der Waals surface area contributed by atoms with E-state index < -0.39 is 20.9 Å². The van der Waals surface area contributed by atoms with Crippen molar-refractivity contribution in [2.24, 2.45) is 5.92 Å². The highest BCUT2D eigenvalue weighted by molar-refractivity contribution is 7.93. The van der Waals surface area contributed by atoms with Gasteiger partial charge in [-0.05, 0) is 62.1 Å². The molecule has 0 radical (unpaired) electrons. The van der Waals surface area contributed by atoms with E-state index in [9.17, 15) is 18.0 Å². The summed E-state index contributed by atoms with van der Waals surface area (Å²) in [5.74, 6) is -0.747. The fourth-order valence-corrected chi connectivity index (χ4v) is 6.46. The summed E-state index contributed by atoms with van der Waals surface area (Å²) in [6.45, 7) is 3.54. The maximum atomic E-state index is 13.8. The lowest BCUT2D eigenvalue weighted by atomic mass is 9.88. The third kappa shape index (κ3) is 3.81. The minimum absolute atomic E-state index is 0.118. The summed E-state index contributed by atoms with van der Waals surface area (Å²) in [4.78, 5) is 24.8. The number of aryl methyl sites for hydroxylation is 2. The molecule has 1 fully saturated rings. The van der Waals surface area contributed by atoms with Crippen LogP contribution in [0.25, 0.3) is 10.3 Å². The molecule has 6 nitrogen and oxygen atoms in total. The second kappa shape index (κ2) is 8.00. The molecule has 0 bridgehead atoms. The van der Waals surface area contributed by atoms with Crippen LogP contribution in [0, 0.1) is 19.8 Å². The van der Waals surface area contributed by atoms with Gasteiger partial charge in [0.15, 0.2) is 0 Å². The molecule has 0 aliphatic heterocycles. The van der Waals surface area contributed by atoms with Gasteiger partial charge in [0.25, 0.3) is 10.0 Å². The normalized spacial score (nSPS) is 15.4. The summed E-state index contributed by atoms with van der Waals surface area (Å²) >= 11 is 0.888. The van der Waals surface area contributed by atoms with Gasteiger partial charge < -0.3 is 4.42 Å². The Labute approximate surface area is 179 Å². The second-order valence-corrected chi connectivity index (χ2v) is 10.5. The molecule has 3 aromatic rings. The zero-order valence-electron chi connectivity index (χ0n) is 16.9. The number of sulfonamides is 1. The van der Waals surface area contributed by atoms with Gasteiger partial charge in [0.1, 0.15) is 5.58 Å². The highest BCUT2D eigenvalue weighted by Gasteiger charge is 2.37. The first-order valence-electron chi connectivity index (χ1n) is 9.97. The maximum absolute atomic E-state index is 13.8. The lowest BCUT2D eigenvalue weighted by Crippen LogP contribution is -2.41. The summed E-state index contributed by atoms with van der Waals surface area (Å²) in [5.41, 5.74) is 1.99. The third-order valence-corrected chi connectivity index (χ3v) is 8.22. The highest BCUT2D eigenvalue weighted by atomic mass is 32.2. The molecule has 1 heterocycles. The molecule has 4 rings (SSSR count). The molecule has 1 amide bonds. The van der Waals surface area contributed by atoms with Gasteiger partial charge in [0.05, 0.1) is 15.3 Å². The Bertz CT molecular complexity index is 1270. The lowest BCUT2D eigenvalue weighted by Gasteiger charge is -2.29. The fourth-order valence-electron chi connectivity index (χ4n) is 3.97. The molecule has 30 heavy (non-hydrogen) atoms. The van der Waals surface area contributed by atoms with Crippen LogP contribution in [-0.4, -0.2) is 14.3 Å². The van der Waals surface area contributed by atoms with E-state index in [1.54, 1.807) is 31.2 Å². The molecule has 2 aromatic carbocycles. The number of hydrogen-bond donors (Lipinski definition) is 0. The number of amides is 1. The molecule has 0 unspecified atom stereocenters. The fraction of sp³-hybridized carbons (Fsp3) is 0.364. The summed E-state index contributed by atoms with van der Waals surface area (Å²) < 4.78 is 34.1. The number of nitrogens with zero attached hydrogens (tertiary/aromatic N) is 1. The first-order valence-corrected chi connectivity index (χ1v) is 12.2. The largest absolute Gasteiger partial charge is 0.414 e. The molecule has 0 saturated heterocycles. The lowest BCUT2D eigenvalue weighted by molar-refractivity contribution is -0.122. The topological polar surface area (TPSA) is 84.7 Å². The number of rotatable bonds is 4. The maximum Gasteiger partial charge on any atom is 0.396 e. The molecule has 0 spiro atoms. The molecule has 8 heteroatoms. The van der Waals surface area contributed by atoms with E-state index >= 15 is 0 Å². The Morgan fingerprint density at radius 2 is 1.80 bits per heavy atom. The van der Waals surface area contributed by atoms with Crippen molar-refractivity contribution < 1.29 is 17.6 Å². The average molecular weight is 446 g/mol. The van der Waals surface area contributed by atoms with Gasteiger partial charge >= 0.3 is 4.94 Å². The first-order chi connectivity index (χ1) is 14.3. The molecular weight excluding hydrogens is 422 g/mol. The Morgan fingerprint density at radius 1 is 1.07 bits per heavy atom. The molecule has 1 aliphatic carbocycles. The van der Waals surface area contributed by atoms with E-state index in [-0.39, 0.29) is 16.5 Å². The Hall–Kier alpha value is -2.45. The molecule has 158 valence electrons. The Balaban J connectivity index is 1.88. The zero-order chi connectivity index (χ0) is 21.5. The van der Waals surface area contributed by atoms with Crippen LogP contribution in [0.3, 0.4) is 0 Å². The van der Waals surface area contributed by atoms with E-state index in [0.717, 1.165) is 40.5 Å². The summed E-state index contributed by atoms with van der Waals surface area (Å²) in [6.07, 6.45) is 4.24. The van der Waals surface area contributed by atoms with Crippen molar-refractivity contribution in [2.45, 2.75) is 50.8 Å². The quantitative estimate of drug-likeness (QED) is 0.577. The van der Waals surface area contributed by atoms with E-state index in [0.29, 0.717) is 28.7 Å². The molecule has 1 aromatic heterocycles. The predicted molar refractivity (Wildman–Crippen MR) is 118 cm³/mol. The zero-order valence-corrected chi connectivity index (χ0v) is 18.5. The van der Waals surface area contributed by atoms with Crippen LogP contribution in [0.15, 0.2) is 50.5 Å². The van der Waals surface area contributed by atoms with Crippen LogP contribution < -0.4 is 9.24 Å². The Morgan fingerprint density at radius 3 is 2.53 bits per heavy atom. The van der Waals surface area contributed by atoms with E-state index in [2.05, 4.69) is 0 Å². The number of benzene rings is 2. The van der Waals surface area contributed by atoms with Crippen LogP contribution in [-0.2, 0) is 14.8 Å². The SMILES string of the molecule is Cc1ccc(C)c(S(=O)(=O)N(C(=O)C2CCCCC2)c2ccc3oc(=O)sc3c2)c1. The standard InChI is InChI=1S/C22H23NO5S2/c1-14-8-9-15(2)20(12-14)30(26,27)23(21(24)16-6-4-3-5-7-16)17-10-11-18-19(13-17)29-22(25)28-18/h8-13,16H,3-7H2,1-2H3. The smallest absolute Gasteiger partial charge is 0.396 e. The molecule has 0 N–H and O–H groups in total. The molecular formula is C22H23NO5S2. The van der Waals surface area contributed by atoms with E-state index in [4.69, 9.17) is 4.42 Å². The van der Waals surface area contributed by atoms with Crippen molar-refractivity contribution in [2.75, 3.05) is 4.31 Å². The summed E-state index contributed by atoms with van der Waals surface area (Å²) in [5, 5.41) is 0. The number of carbonyl (C=O) groups is 1. The van der Waals surface area contributed by atoms with E-state index in [1.807, 2.05) is 13.0 Å². The summed E-state index contributed by atoms with van der Waals surface area (Å²) in [7, 11) is -4.14. The molecule has 0 atom stereocenters. The monoisotopic (exact) mass is 445 g/mol. The van der Waals surface area contributed by atoms with E-state index in [1.165, 1.54) is 6.07 Å². The van der Waals surface area contributed by atoms with Crippen molar-refractivity contribution in [1.82, 2.24) is 0 Å². The van der Waals surface area contributed by atoms with Crippen molar-refractivity contribution in [1.29, 1.82) is 0 Å². The van der Waals surface area contributed by atoms with Gasteiger partial charge in [-0.25, -0.2) is 17.5 Å². The summed E-state index contributed by atoms with van der Waals surface area (Å²) in [6, 6.07) is 9.81. The molecule has 1 aliphatic rings. The van der Waals surface area contributed by atoms with Gasteiger partial charge in [0.2, 0.25) is 5.91 Å². The Kier molecular flexibility index (Phi) is 5.55. The highest BCUT2D eigenvalue weighted by Crippen LogP contribution is 2.34. The van der Waals surface area contributed by atoms with Crippen molar-refractivity contribution >= 4 is 43.2 Å². The van der Waals surface area contributed by atoms with Gasteiger partial charge in [-0.2, -0.15) is 0 Å². The van der Waals surface area contributed by atoms with Gasteiger partial charge in [-0.15, -0.1) is 0 Å². The van der Waals surface area contributed by atoms with Crippen LogP contribution >= 0.6 is 11.3 Å². The number of hydrogen-bond acceptors (Lipinski definition) is 6. The minimum Gasteiger partial charge on any atom is -0.414 e. The van der Waals surface area contributed by atoms with Gasteiger partial charge in [0, 0.05) is 5.92 Å². The van der Waals surface area contributed by atoms with Crippen LogP contribution in [0.5, 0.6) is 0 Å². The second-order valence-electron chi connectivity index (χ2n) is 7.80. The van der Waals surface area contributed by atoms with Gasteiger partial charge in [-0.3, -0.25) is 4.79 Å². The predicted octanol–water partition coefficient (Wildman–Crippen LogP) is 4.77. The van der Waals surface area contributed by atoms with Crippen LogP contribution in [0.1, 0.15) is 43.2 Å². The number of carbonyl (C=O) groups excluding carboxylic acids is 1. The minimum atomic E-state index is -4.14. The van der Waals surface area contributed by atoms with Crippen molar-refractivity contribution in [3.8, 4) is 0 Å². The number of fused-ring (bicyclic) bond motifs is 1. The number of anilines is 1. The van der Waals surface area contributed by atoms with Crippen LogP contribution in [0.2, 0.25) is 0 Å². The molecule has 1 saturated carbocycles. The van der Waals surface area contributed by atoms with Crippen LogP contribution in [0.4, 0.5) is 5.69 Å². The average Bonchev–Trinajstić information content (AvgIpc) is 3.09. The third-order valence-electron chi connectivity index (χ3n) is 5.56. The van der Waals surface area contributed by atoms with Crippen molar-refractivity contribution in [3.63, 3.8) is 0 Å². The van der Waals surface area contributed by atoms with Gasteiger partial charge in [-0.1, -0.05) is 42.7 Å².